The van der Waals surface area contributed by atoms with Crippen molar-refractivity contribution in [1.29, 1.82) is 0 Å². The average Bonchev–Trinajstić information content (AvgIpc) is 2.86. The van der Waals surface area contributed by atoms with Gasteiger partial charge in [-0.1, -0.05) is 12.1 Å². The van der Waals surface area contributed by atoms with Crippen LogP contribution >= 0.6 is 0 Å². The minimum absolute atomic E-state index is 0.651. The Morgan fingerprint density at radius 2 is 2.05 bits per heavy atom. The summed E-state index contributed by atoms with van der Waals surface area (Å²) in [6.45, 7) is 2.91. The highest BCUT2D eigenvalue weighted by atomic mass is 16.5. The molecule has 0 saturated heterocycles. The molecule has 1 heterocycles. The second-order valence-corrected chi connectivity index (χ2v) is 5.56. The quantitative estimate of drug-likeness (QED) is 0.853. The van der Waals surface area contributed by atoms with Gasteiger partial charge in [0.2, 0.25) is 5.89 Å². The van der Waals surface area contributed by atoms with Crippen LogP contribution in [0.5, 0.6) is 0 Å². The average molecular weight is 266 g/mol. The van der Waals surface area contributed by atoms with E-state index in [0.717, 1.165) is 31.1 Å². The second kappa shape index (κ2) is 7.01. The van der Waals surface area contributed by atoms with Crippen molar-refractivity contribution in [2.75, 3.05) is 14.1 Å². The molecule has 0 atom stereocenters. The van der Waals surface area contributed by atoms with Crippen molar-refractivity contribution in [1.82, 2.24) is 20.4 Å². The van der Waals surface area contributed by atoms with E-state index in [2.05, 4.69) is 41.4 Å². The summed E-state index contributed by atoms with van der Waals surface area (Å²) in [7, 11) is 4.23. The fourth-order valence-corrected chi connectivity index (χ4v) is 2.83. The topological polar surface area (TPSA) is 54.2 Å². The molecule has 1 fully saturated rings. The number of nitrogens with zero attached hydrogens (tertiary/aromatic N) is 3. The Morgan fingerprint density at radius 3 is 2.68 bits per heavy atom. The number of aryl methyl sites for hydroxylation is 1. The first-order chi connectivity index (χ1) is 9.22. The first kappa shape index (κ1) is 14.5. The van der Waals surface area contributed by atoms with Gasteiger partial charge in [-0.3, -0.25) is 4.90 Å². The summed E-state index contributed by atoms with van der Waals surface area (Å²) >= 11 is 0. The second-order valence-electron chi connectivity index (χ2n) is 5.56. The fourth-order valence-electron chi connectivity index (χ4n) is 2.83. The van der Waals surface area contributed by atoms with E-state index in [1.165, 1.54) is 25.7 Å². The highest BCUT2D eigenvalue weighted by Crippen LogP contribution is 2.23. The molecule has 0 amide bonds. The van der Waals surface area contributed by atoms with E-state index >= 15 is 0 Å². The van der Waals surface area contributed by atoms with Crippen LogP contribution in [0.15, 0.2) is 4.52 Å². The Labute approximate surface area is 115 Å². The first-order valence-electron chi connectivity index (χ1n) is 7.42. The summed E-state index contributed by atoms with van der Waals surface area (Å²) in [5.74, 6) is 1.59. The zero-order valence-electron chi connectivity index (χ0n) is 12.4. The van der Waals surface area contributed by atoms with Crippen LogP contribution in [-0.4, -0.2) is 41.2 Å². The third-order valence-corrected chi connectivity index (χ3v) is 4.09. The lowest BCUT2D eigenvalue weighted by atomic mass is 9.90. The van der Waals surface area contributed by atoms with E-state index < -0.39 is 0 Å². The molecule has 108 valence electrons. The van der Waals surface area contributed by atoms with Gasteiger partial charge < -0.3 is 9.84 Å². The molecule has 0 bridgehead atoms. The number of rotatable bonds is 6. The van der Waals surface area contributed by atoms with Crippen molar-refractivity contribution in [2.24, 2.45) is 0 Å². The SMILES string of the molecule is CCCc1nc(CN(C)C2CCC(NC)CC2)no1. The molecule has 1 aromatic heterocycles. The van der Waals surface area contributed by atoms with Gasteiger partial charge in [-0.25, -0.2) is 0 Å². The van der Waals surface area contributed by atoms with Crippen LogP contribution in [-0.2, 0) is 13.0 Å². The van der Waals surface area contributed by atoms with Crippen molar-refractivity contribution in [3.05, 3.63) is 11.7 Å². The number of hydrogen-bond acceptors (Lipinski definition) is 5. The van der Waals surface area contributed by atoms with Gasteiger partial charge in [0, 0.05) is 18.5 Å². The summed E-state index contributed by atoms with van der Waals surface area (Å²) in [6.07, 6.45) is 6.95. The van der Waals surface area contributed by atoms with Gasteiger partial charge in [-0.05, 0) is 46.2 Å². The van der Waals surface area contributed by atoms with Crippen LogP contribution in [0.1, 0.15) is 50.7 Å². The number of aromatic nitrogens is 2. The van der Waals surface area contributed by atoms with Crippen molar-refractivity contribution < 1.29 is 4.52 Å². The van der Waals surface area contributed by atoms with Crippen molar-refractivity contribution >= 4 is 0 Å². The molecule has 1 aliphatic rings. The molecule has 2 rings (SSSR count). The lowest BCUT2D eigenvalue weighted by Crippen LogP contribution is -2.39. The monoisotopic (exact) mass is 266 g/mol. The molecule has 19 heavy (non-hydrogen) atoms. The van der Waals surface area contributed by atoms with Crippen molar-refractivity contribution in [3.63, 3.8) is 0 Å². The largest absolute Gasteiger partial charge is 0.339 e. The summed E-state index contributed by atoms with van der Waals surface area (Å²) in [5, 5.41) is 7.43. The molecule has 5 nitrogen and oxygen atoms in total. The normalized spacial score (nSPS) is 24.0. The minimum Gasteiger partial charge on any atom is -0.339 e. The third-order valence-electron chi connectivity index (χ3n) is 4.09. The Bertz CT molecular complexity index is 371. The first-order valence-corrected chi connectivity index (χ1v) is 7.42. The summed E-state index contributed by atoms with van der Waals surface area (Å²) < 4.78 is 5.23. The highest BCUT2D eigenvalue weighted by Gasteiger charge is 2.23. The third kappa shape index (κ3) is 4.01. The molecule has 0 radical (unpaired) electrons. The van der Waals surface area contributed by atoms with Gasteiger partial charge >= 0.3 is 0 Å². The maximum Gasteiger partial charge on any atom is 0.226 e. The molecule has 0 spiro atoms. The Kier molecular flexibility index (Phi) is 5.34. The predicted octanol–water partition coefficient (Wildman–Crippen LogP) is 1.98. The fraction of sp³-hybridized carbons (Fsp3) is 0.857. The maximum atomic E-state index is 5.23. The molecular weight excluding hydrogens is 240 g/mol. The molecule has 5 heteroatoms. The lowest BCUT2D eigenvalue weighted by molar-refractivity contribution is 0.165. The summed E-state index contributed by atoms with van der Waals surface area (Å²) in [5.41, 5.74) is 0. The van der Waals surface area contributed by atoms with Crippen molar-refractivity contribution in [3.8, 4) is 0 Å². The Hall–Kier alpha value is -0.940. The lowest BCUT2D eigenvalue weighted by Gasteiger charge is -2.33. The van der Waals surface area contributed by atoms with Gasteiger partial charge in [0.05, 0.1) is 6.54 Å². The van der Waals surface area contributed by atoms with Crippen LogP contribution in [0.25, 0.3) is 0 Å². The van der Waals surface area contributed by atoms with E-state index in [4.69, 9.17) is 4.52 Å². The molecule has 0 aromatic carbocycles. The van der Waals surface area contributed by atoms with Gasteiger partial charge in [0.15, 0.2) is 5.82 Å². The van der Waals surface area contributed by atoms with Crippen LogP contribution in [0, 0.1) is 0 Å². The van der Waals surface area contributed by atoms with E-state index in [0.29, 0.717) is 12.1 Å². The van der Waals surface area contributed by atoms with E-state index in [9.17, 15) is 0 Å². The Balaban J connectivity index is 1.81. The summed E-state index contributed by atoms with van der Waals surface area (Å²) in [4.78, 5) is 6.80. The zero-order valence-corrected chi connectivity index (χ0v) is 12.4. The molecule has 1 N–H and O–H groups in total. The van der Waals surface area contributed by atoms with Crippen LogP contribution in [0.2, 0.25) is 0 Å². The molecule has 0 unspecified atom stereocenters. The Morgan fingerprint density at radius 1 is 1.32 bits per heavy atom. The van der Waals surface area contributed by atoms with Crippen molar-refractivity contribution in [2.45, 2.75) is 64.1 Å². The predicted molar refractivity (Wildman–Crippen MR) is 74.9 cm³/mol. The molecule has 0 aliphatic heterocycles. The van der Waals surface area contributed by atoms with E-state index in [-0.39, 0.29) is 0 Å². The van der Waals surface area contributed by atoms with Gasteiger partial charge in [0.25, 0.3) is 0 Å². The molecule has 1 saturated carbocycles. The summed E-state index contributed by atoms with van der Waals surface area (Å²) in [6, 6.07) is 1.35. The maximum absolute atomic E-state index is 5.23. The van der Waals surface area contributed by atoms with E-state index in [1.54, 1.807) is 0 Å². The van der Waals surface area contributed by atoms with Crippen LogP contribution < -0.4 is 5.32 Å². The molecule has 1 aliphatic carbocycles. The number of nitrogens with one attached hydrogen (secondary N) is 1. The van der Waals surface area contributed by atoms with E-state index in [1.807, 2.05) is 0 Å². The molecular formula is C14H26N4O. The smallest absolute Gasteiger partial charge is 0.226 e. The highest BCUT2D eigenvalue weighted by molar-refractivity contribution is 4.88. The van der Waals surface area contributed by atoms with Crippen LogP contribution in [0.4, 0.5) is 0 Å². The minimum atomic E-state index is 0.651. The van der Waals surface area contributed by atoms with Gasteiger partial charge in [0.1, 0.15) is 0 Å². The van der Waals surface area contributed by atoms with Gasteiger partial charge in [-0.15, -0.1) is 0 Å². The molecule has 1 aromatic rings. The number of hydrogen-bond donors (Lipinski definition) is 1. The zero-order chi connectivity index (χ0) is 13.7. The van der Waals surface area contributed by atoms with Gasteiger partial charge in [-0.2, -0.15) is 4.98 Å². The standard InChI is InChI=1S/C14H26N4O/c1-4-5-14-16-13(17-19-14)10-18(3)12-8-6-11(15-2)7-9-12/h11-12,15H,4-10H2,1-3H3. The van der Waals surface area contributed by atoms with Crippen LogP contribution in [0.3, 0.4) is 0 Å².